The molecule has 2 aromatic rings. The van der Waals surface area contributed by atoms with Crippen LogP contribution in [-0.4, -0.2) is 34.9 Å². The van der Waals surface area contributed by atoms with Crippen molar-refractivity contribution in [2.45, 2.75) is 6.54 Å². The van der Waals surface area contributed by atoms with Crippen molar-refractivity contribution in [1.29, 1.82) is 0 Å². The second-order valence-corrected chi connectivity index (χ2v) is 4.64. The van der Waals surface area contributed by atoms with Gasteiger partial charge in [-0.3, -0.25) is 9.78 Å². The van der Waals surface area contributed by atoms with Crippen LogP contribution in [-0.2, 0) is 6.54 Å². The van der Waals surface area contributed by atoms with Crippen molar-refractivity contribution >= 4 is 17.5 Å². The fourth-order valence-corrected chi connectivity index (χ4v) is 2.00. The molecule has 0 aliphatic carbocycles. The van der Waals surface area contributed by atoms with Gasteiger partial charge in [0.2, 0.25) is 0 Å². The predicted molar refractivity (Wildman–Crippen MR) is 75.8 cm³/mol. The molecule has 5 nitrogen and oxygen atoms in total. The van der Waals surface area contributed by atoms with E-state index in [0.717, 1.165) is 5.56 Å². The number of halogens is 1. The van der Waals surface area contributed by atoms with Gasteiger partial charge in [0.1, 0.15) is 11.4 Å². The first-order valence-corrected chi connectivity index (χ1v) is 6.33. The third-order valence-corrected chi connectivity index (χ3v) is 3.01. The minimum absolute atomic E-state index is 0.208. The van der Waals surface area contributed by atoms with Crippen LogP contribution in [0.2, 0.25) is 5.02 Å². The zero-order valence-electron chi connectivity index (χ0n) is 11.2. The minimum atomic E-state index is -0.208. The number of carbonyl (C=O) groups is 1. The SMILES string of the molecule is COc1ccc(Cl)cc1CN(C)C(=O)c1cnccn1. The van der Waals surface area contributed by atoms with Crippen LogP contribution in [0.4, 0.5) is 0 Å². The van der Waals surface area contributed by atoms with E-state index < -0.39 is 0 Å². The van der Waals surface area contributed by atoms with Gasteiger partial charge in [0.05, 0.1) is 13.3 Å². The Morgan fingerprint density at radius 2 is 2.20 bits per heavy atom. The van der Waals surface area contributed by atoms with Gasteiger partial charge in [-0.15, -0.1) is 0 Å². The summed E-state index contributed by atoms with van der Waals surface area (Å²) in [5, 5.41) is 0.598. The molecule has 0 aliphatic heterocycles. The van der Waals surface area contributed by atoms with E-state index in [4.69, 9.17) is 16.3 Å². The number of carbonyl (C=O) groups excluding carboxylic acids is 1. The molecule has 1 heterocycles. The van der Waals surface area contributed by atoms with Gasteiger partial charge in [-0.25, -0.2) is 4.98 Å². The average molecular weight is 292 g/mol. The lowest BCUT2D eigenvalue weighted by molar-refractivity contribution is 0.0778. The third kappa shape index (κ3) is 3.24. The smallest absolute Gasteiger partial charge is 0.274 e. The molecule has 0 unspecified atom stereocenters. The summed E-state index contributed by atoms with van der Waals surface area (Å²) in [5.41, 5.74) is 1.13. The van der Waals surface area contributed by atoms with E-state index in [0.29, 0.717) is 23.0 Å². The highest BCUT2D eigenvalue weighted by molar-refractivity contribution is 6.30. The quantitative estimate of drug-likeness (QED) is 0.868. The molecule has 6 heteroatoms. The molecule has 0 fully saturated rings. The zero-order chi connectivity index (χ0) is 14.5. The van der Waals surface area contributed by atoms with Gasteiger partial charge in [-0.05, 0) is 18.2 Å². The Labute approximate surface area is 122 Å². The fourth-order valence-electron chi connectivity index (χ4n) is 1.80. The Bertz CT molecular complexity index is 605. The second-order valence-electron chi connectivity index (χ2n) is 4.21. The highest BCUT2D eigenvalue weighted by Crippen LogP contribution is 2.24. The topological polar surface area (TPSA) is 55.3 Å². The maximum absolute atomic E-state index is 12.2. The number of benzene rings is 1. The van der Waals surface area contributed by atoms with Crippen molar-refractivity contribution < 1.29 is 9.53 Å². The normalized spacial score (nSPS) is 10.2. The van der Waals surface area contributed by atoms with Crippen LogP contribution < -0.4 is 4.74 Å². The van der Waals surface area contributed by atoms with Gasteiger partial charge in [-0.1, -0.05) is 11.6 Å². The summed E-state index contributed by atoms with van der Waals surface area (Å²) >= 11 is 5.97. The van der Waals surface area contributed by atoms with Crippen molar-refractivity contribution in [2.24, 2.45) is 0 Å². The highest BCUT2D eigenvalue weighted by Gasteiger charge is 2.15. The lowest BCUT2D eigenvalue weighted by atomic mass is 10.2. The highest BCUT2D eigenvalue weighted by atomic mass is 35.5. The minimum Gasteiger partial charge on any atom is -0.496 e. The first-order valence-electron chi connectivity index (χ1n) is 5.95. The number of rotatable bonds is 4. The van der Waals surface area contributed by atoms with Crippen LogP contribution in [0.1, 0.15) is 16.1 Å². The van der Waals surface area contributed by atoms with E-state index in [1.165, 1.54) is 23.5 Å². The van der Waals surface area contributed by atoms with Gasteiger partial charge in [-0.2, -0.15) is 0 Å². The van der Waals surface area contributed by atoms with Gasteiger partial charge in [0.25, 0.3) is 5.91 Å². The lowest BCUT2D eigenvalue weighted by Crippen LogP contribution is -2.27. The molecule has 0 spiro atoms. The maximum Gasteiger partial charge on any atom is 0.274 e. The van der Waals surface area contributed by atoms with E-state index in [1.807, 2.05) is 0 Å². The molecular weight excluding hydrogens is 278 g/mol. The summed E-state index contributed by atoms with van der Waals surface area (Å²) in [6, 6.07) is 5.30. The monoisotopic (exact) mass is 291 g/mol. The number of nitrogens with zero attached hydrogens (tertiary/aromatic N) is 3. The molecule has 2 rings (SSSR count). The molecule has 0 saturated heterocycles. The number of aromatic nitrogens is 2. The Morgan fingerprint density at radius 3 is 2.85 bits per heavy atom. The first-order chi connectivity index (χ1) is 9.61. The lowest BCUT2D eigenvalue weighted by Gasteiger charge is -2.18. The number of hydrogen-bond donors (Lipinski definition) is 0. The summed E-state index contributed by atoms with van der Waals surface area (Å²) in [6.07, 6.45) is 4.45. The molecule has 1 aromatic heterocycles. The van der Waals surface area contributed by atoms with Crippen molar-refractivity contribution in [3.05, 3.63) is 53.1 Å². The molecule has 1 amide bonds. The molecule has 104 valence electrons. The molecule has 0 atom stereocenters. The summed E-state index contributed by atoms with van der Waals surface area (Å²) < 4.78 is 5.26. The van der Waals surface area contributed by atoms with Crippen molar-refractivity contribution in [3.8, 4) is 5.75 Å². The zero-order valence-corrected chi connectivity index (χ0v) is 12.0. The van der Waals surface area contributed by atoms with Gasteiger partial charge in [0.15, 0.2) is 0 Å². The largest absolute Gasteiger partial charge is 0.496 e. The molecule has 0 saturated carbocycles. The molecule has 0 radical (unpaired) electrons. The Kier molecular flexibility index (Phi) is 4.53. The number of hydrogen-bond acceptors (Lipinski definition) is 4. The van der Waals surface area contributed by atoms with Crippen LogP contribution in [0, 0.1) is 0 Å². The number of amides is 1. The molecule has 0 aliphatic rings. The van der Waals surface area contributed by atoms with Crippen LogP contribution in [0.5, 0.6) is 5.75 Å². The van der Waals surface area contributed by atoms with Crippen molar-refractivity contribution in [3.63, 3.8) is 0 Å². The summed E-state index contributed by atoms with van der Waals surface area (Å²) in [4.78, 5) is 21.6. The van der Waals surface area contributed by atoms with Crippen LogP contribution in [0.15, 0.2) is 36.8 Å². The molecule has 1 aromatic carbocycles. The van der Waals surface area contributed by atoms with E-state index in [2.05, 4.69) is 9.97 Å². The number of ether oxygens (including phenoxy) is 1. The molecule has 0 bridgehead atoms. The third-order valence-electron chi connectivity index (χ3n) is 2.78. The van der Waals surface area contributed by atoms with Crippen molar-refractivity contribution in [1.82, 2.24) is 14.9 Å². The second kappa shape index (κ2) is 6.34. The van der Waals surface area contributed by atoms with Gasteiger partial charge in [0, 0.05) is 36.6 Å². The Morgan fingerprint density at radius 1 is 1.40 bits per heavy atom. The number of methoxy groups -OCH3 is 1. The van der Waals surface area contributed by atoms with Crippen LogP contribution >= 0.6 is 11.6 Å². The van der Waals surface area contributed by atoms with Gasteiger partial charge >= 0.3 is 0 Å². The van der Waals surface area contributed by atoms with E-state index in [9.17, 15) is 4.79 Å². The molecule has 0 N–H and O–H groups in total. The van der Waals surface area contributed by atoms with Crippen LogP contribution in [0.3, 0.4) is 0 Å². The average Bonchev–Trinajstić information content (AvgIpc) is 2.47. The molecular formula is C14H14ClN3O2. The van der Waals surface area contributed by atoms with Crippen molar-refractivity contribution in [2.75, 3.05) is 14.2 Å². The van der Waals surface area contributed by atoms with E-state index >= 15 is 0 Å². The molecule has 20 heavy (non-hydrogen) atoms. The van der Waals surface area contributed by atoms with Crippen LogP contribution in [0.25, 0.3) is 0 Å². The standard InChI is InChI=1S/C14H14ClN3O2/c1-18(14(19)12-8-16-5-6-17-12)9-10-7-11(15)3-4-13(10)20-2/h3-8H,9H2,1-2H3. The fraction of sp³-hybridized carbons (Fsp3) is 0.214. The maximum atomic E-state index is 12.2. The summed E-state index contributed by atoms with van der Waals surface area (Å²) in [7, 11) is 3.27. The Hall–Kier alpha value is -2.14. The predicted octanol–water partition coefficient (Wildman–Crippen LogP) is 2.41. The summed E-state index contributed by atoms with van der Waals surface area (Å²) in [5.74, 6) is 0.480. The van der Waals surface area contributed by atoms with Gasteiger partial charge < -0.3 is 9.64 Å². The Balaban J connectivity index is 2.17. The van der Waals surface area contributed by atoms with E-state index in [-0.39, 0.29) is 5.91 Å². The summed E-state index contributed by atoms with van der Waals surface area (Å²) in [6.45, 7) is 0.374. The van der Waals surface area contributed by atoms with E-state index in [1.54, 1.807) is 32.4 Å². The first kappa shape index (κ1) is 14.3.